The van der Waals surface area contributed by atoms with Gasteiger partial charge >= 0.3 is 0 Å². The molecule has 2 heterocycles. The van der Waals surface area contributed by atoms with E-state index >= 15 is 0 Å². The highest BCUT2D eigenvalue weighted by Crippen LogP contribution is 2.35. The van der Waals surface area contributed by atoms with Crippen LogP contribution < -0.4 is 10.0 Å². The molecule has 1 saturated carbocycles. The van der Waals surface area contributed by atoms with Gasteiger partial charge in [0.15, 0.2) is 5.03 Å². The molecule has 4 rings (SSSR count). The van der Waals surface area contributed by atoms with Crippen molar-refractivity contribution in [1.82, 2.24) is 9.55 Å². The summed E-state index contributed by atoms with van der Waals surface area (Å²) in [4.78, 5) is 4.48. The monoisotopic (exact) mass is 374 g/mol. The first kappa shape index (κ1) is 17.5. The van der Waals surface area contributed by atoms with E-state index in [0.29, 0.717) is 19.0 Å². The van der Waals surface area contributed by atoms with Crippen molar-refractivity contribution in [1.29, 1.82) is 0 Å². The van der Waals surface area contributed by atoms with Crippen LogP contribution in [-0.2, 0) is 36.0 Å². The van der Waals surface area contributed by atoms with Crippen LogP contribution in [0.2, 0.25) is 0 Å². The minimum Gasteiger partial charge on any atom is -0.333 e. The predicted molar refractivity (Wildman–Crippen MR) is 102 cm³/mol. The maximum absolute atomic E-state index is 13.4. The van der Waals surface area contributed by atoms with Gasteiger partial charge in [-0.3, -0.25) is 4.31 Å². The van der Waals surface area contributed by atoms with E-state index in [1.807, 2.05) is 29.7 Å². The molecule has 1 aliphatic carbocycles. The van der Waals surface area contributed by atoms with Crippen molar-refractivity contribution in [2.45, 2.75) is 57.1 Å². The molecule has 0 unspecified atom stereocenters. The summed E-state index contributed by atoms with van der Waals surface area (Å²) in [6.07, 6.45) is 6.58. The minimum atomic E-state index is -3.67. The highest BCUT2D eigenvalue weighted by atomic mass is 32.2. The number of imidazole rings is 1. The number of nitrogens with zero attached hydrogens (tertiary/aromatic N) is 3. The molecule has 6 nitrogen and oxygen atoms in total. The summed E-state index contributed by atoms with van der Waals surface area (Å²) >= 11 is 0. The maximum Gasteiger partial charge on any atom is 0.283 e. The van der Waals surface area contributed by atoms with Gasteiger partial charge in [0.1, 0.15) is 5.82 Å². The highest BCUT2D eigenvalue weighted by Gasteiger charge is 2.33. The van der Waals surface area contributed by atoms with Crippen molar-refractivity contribution in [2.24, 2.45) is 11.7 Å². The van der Waals surface area contributed by atoms with Gasteiger partial charge in [0.05, 0.1) is 5.69 Å². The van der Waals surface area contributed by atoms with Gasteiger partial charge in [-0.1, -0.05) is 19.1 Å². The molecule has 0 amide bonds. The van der Waals surface area contributed by atoms with E-state index in [1.165, 1.54) is 17.1 Å². The molecule has 1 aromatic carbocycles. The number of anilines is 1. The van der Waals surface area contributed by atoms with Crippen LogP contribution in [0, 0.1) is 5.92 Å². The van der Waals surface area contributed by atoms with E-state index in [2.05, 4.69) is 4.98 Å². The van der Waals surface area contributed by atoms with Gasteiger partial charge in [-0.15, -0.1) is 0 Å². The topological polar surface area (TPSA) is 81.2 Å². The van der Waals surface area contributed by atoms with Gasteiger partial charge < -0.3 is 10.3 Å². The summed E-state index contributed by atoms with van der Waals surface area (Å²) in [5.74, 6) is 1.52. The van der Waals surface area contributed by atoms with Crippen LogP contribution in [0.25, 0.3) is 0 Å². The molecule has 0 saturated heterocycles. The fraction of sp³-hybridized carbons (Fsp3) is 0.526. The Morgan fingerprint density at radius 3 is 2.81 bits per heavy atom. The predicted octanol–water partition coefficient (Wildman–Crippen LogP) is 2.46. The van der Waals surface area contributed by atoms with Gasteiger partial charge in [0.2, 0.25) is 0 Å². The van der Waals surface area contributed by atoms with Gasteiger partial charge in [-0.05, 0) is 48.8 Å². The van der Waals surface area contributed by atoms with Crippen molar-refractivity contribution in [3.05, 3.63) is 41.3 Å². The lowest BCUT2D eigenvalue weighted by Gasteiger charge is -2.31. The summed E-state index contributed by atoms with van der Waals surface area (Å²) in [6, 6.07) is 5.75. The Bertz CT molecular complexity index is 916. The maximum atomic E-state index is 13.4. The third kappa shape index (κ3) is 3.03. The average molecular weight is 375 g/mol. The van der Waals surface area contributed by atoms with Crippen LogP contribution in [0.15, 0.2) is 29.4 Å². The van der Waals surface area contributed by atoms with Crippen molar-refractivity contribution in [3.63, 3.8) is 0 Å². The second-order valence-corrected chi connectivity index (χ2v) is 9.05. The summed E-state index contributed by atoms with van der Waals surface area (Å²) < 4.78 is 30.3. The normalized spacial score (nSPS) is 17.4. The first-order chi connectivity index (χ1) is 12.5. The molecule has 1 aliphatic heterocycles. The summed E-state index contributed by atoms with van der Waals surface area (Å²) in [5.41, 5.74) is 8.69. The molecule has 2 aromatic rings. The van der Waals surface area contributed by atoms with Crippen molar-refractivity contribution < 1.29 is 8.42 Å². The fourth-order valence-electron chi connectivity index (χ4n) is 3.79. The molecule has 2 aliphatic rings. The zero-order valence-corrected chi connectivity index (χ0v) is 16.0. The quantitative estimate of drug-likeness (QED) is 0.842. The summed E-state index contributed by atoms with van der Waals surface area (Å²) in [7, 11) is -3.67. The minimum absolute atomic E-state index is 0.168. The molecule has 1 aromatic heterocycles. The molecule has 0 atom stereocenters. The van der Waals surface area contributed by atoms with Crippen LogP contribution in [0.1, 0.15) is 43.1 Å². The largest absolute Gasteiger partial charge is 0.333 e. The standard InChI is InChI=1S/C19H26N4O2S/c1-2-18-21-19(13-22(18)12-14-8-9-14)26(24,25)23-10-4-6-16-15(11-20)5-3-7-17(16)23/h3,5,7,13-14H,2,4,6,8-12,20H2,1H3. The van der Waals surface area contributed by atoms with Crippen LogP contribution >= 0.6 is 0 Å². The number of rotatable bonds is 6. The number of fused-ring (bicyclic) bond motifs is 1. The Labute approximate surface area is 155 Å². The SMILES string of the molecule is CCc1nc(S(=O)(=O)N2CCCc3c(CN)cccc32)cn1CC1CC1. The third-order valence-electron chi connectivity index (χ3n) is 5.38. The number of sulfonamides is 1. The van der Waals surface area contributed by atoms with Crippen LogP contribution in [0.3, 0.4) is 0 Å². The number of aryl methyl sites for hydroxylation is 1. The van der Waals surface area contributed by atoms with E-state index in [1.54, 1.807) is 6.20 Å². The van der Waals surface area contributed by atoms with E-state index < -0.39 is 10.0 Å². The van der Waals surface area contributed by atoms with Gasteiger partial charge in [0, 0.05) is 32.3 Å². The van der Waals surface area contributed by atoms with E-state index in [4.69, 9.17) is 5.73 Å². The Balaban J connectivity index is 1.73. The lowest BCUT2D eigenvalue weighted by molar-refractivity contribution is 0.582. The van der Waals surface area contributed by atoms with Crippen molar-refractivity contribution in [3.8, 4) is 0 Å². The Morgan fingerprint density at radius 2 is 2.12 bits per heavy atom. The lowest BCUT2D eigenvalue weighted by atomic mass is 9.98. The molecule has 140 valence electrons. The first-order valence-electron chi connectivity index (χ1n) is 9.44. The van der Waals surface area contributed by atoms with Gasteiger partial charge in [0.25, 0.3) is 10.0 Å². The number of hydrogen-bond acceptors (Lipinski definition) is 4. The molecule has 7 heteroatoms. The molecule has 1 fully saturated rings. The molecular weight excluding hydrogens is 348 g/mol. The number of hydrogen-bond donors (Lipinski definition) is 1. The highest BCUT2D eigenvalue weighted by molar-refractivity contribution is 7.92. The smallest absolute Gasteiger partial charge is 0.283 e. The second-order valence-electron chi connectivity index (χ2n) is 7.24. The Morgan fingerprint density at radius 1 is 1.31 bits per heavy atom. The van der Waals surface area contributed by atoms with Crippen LogP contribution in [0.4, 0.5) is 5.69 Å². The average Bonchev–Trinajstić information content (AvgIpc) is 3.37. The zero-order chi connectivity index (χ0) is 18.3. The molecular formula is C19H26N4O2S. The van der Waals surface area contributed by atoms with Crippen LogP contribution in [-0.4, -0.2) is 24.5 Å². The Hall–Kier alpha value is -1.86. The number of aromatic nitrogens is 2. The molecule has 0 spiro atoms. The molecule has 26 heavy (non-hydrogen) atoms. The first-order valence-corrected chi connectivity index (χ1v) is 10.9. The number of benzene rings is 1. The Kier molecular flexibility index (Phi) is 4.52. The van der Waals surface area contributed by atoms with E-state index in [0.717, 1.165) is 48.4 Å². The van der Waals surface area contributed by atoms with Gasteiger partial charge in [-0.2, -0.15) is 8.42 Å². The number of nitrogens with two attached hydrogens (primary N) is 1. The van der Waals surface area contributed by atoms with Crippen molar-refractivity contribution in [2.75, 3.05) is 10.8 Å². The summed E-state index contributed by atoms with van der Waals surface area (Å²) in [6.45, 7) is 3.80. The van der Waals surface area contributed by atoms with Crippen molar-refractivity contribution >= 4 is 15.7 Å². The second kappa shape index (κ2) is 6.70. The fourth-order valence-corrected chi connectivity index (χ4v) is 5.29. The third-order valence-corrected chi connectivity index (χ3v) is 7.07. The lowest BCUT2D eigenvalue weighted by Crippen LogP contribution is -2.36. The van der Waals surface area contributed by atoms with Gasteiger partial charge in [-0.25, -0.2) is 4.98 Å². The molecule has 0 radical (unpaired) electrons. The summed E-state index contributed by atoms with van der Waals surface area (Å²) in [5, 5.41) is 0.168. The van der Waals surface area contributed by atoms with E-state index in [9.17, 15) is 8.42 Å². The van der Waals surface area contributed by atoms with E-state index in [-0.39, 0.29) is 5.03 Å². The molecule has 0 bridgehead atoms. The molecule has 2 N–H and O–H groups in total. The van der Waals surface area contributed by atoms with Crippen LogP contribution in [0.5, 0.6) is 0 Å². The zero-order valence-electron chi connectivity index (χ0n) is 15.2.